The summed E-state index contributed by atoms with van der Waals surface area (Å²) in [5.74, 6) is 0.614. The number of carbonyl (C=O) groups is 1. The van der Waals surface area contributed by atoms with E-state index in [1.165, 1.54) is 0 Å². The summed E-state index contributed by atoms with van der Waals surface area (Å²) in [4.78, 5) is 18.2. The van der Waals surface area contributed by atoms with Crippen molar-refractivity contribution in [2.45, 2.75) is 58.8 Å². The maximum absolute atomic E-state index is 12.1. The van der Waals surface area contributed by atoms with Crippen LogP contribution in [0, 0.1) is 6.92 Å². The molecule has 1 aromatic rings. The van der Waals surface area contributed by atoms with Crippen molar-refractivity contribution in [1.82, 2.24) is 9.88 Å². The van der Waals surface area contributed by atoms with E-state index in [1.54, 1.807) is 4.90 Å². The molecule has 0 radical (unpaired) electrons. The third kappa shape index (κ3) is 5.10. The fourth-order valence-corrected chi connectivity index (χ4v) is 2.46. The number of aryl methyl sites for hydroxylation is 1. The Hall–Kier alpha value is -1.82. The van der Waals surface area contributed by atoms with Gasteiger partial charge in [-0.15, -0.1) is 0 Å². The van der Waals surface area contributed by atoms with Gasteiger partial charge in [0.15, 0.2) is 0 Å². The summed E-state index contributed by atoms with van der Waals surface area (Å²) in [7, 11) is 0. The number of hydrogen-bond donors (Lipinski definition) is 1. The molecular weight excluding hydrogens is 294 g/mol. The Bertz CT molecular complexity index is 547. The molecule has 2 N–H and O–H groups in total. The van der Waals surface area contributed by atoms with E-state index in [0.29, 0.717) is 25.5 Å². The summed E-state index contributed by atoms with van der Waals surface area (Å²) < 4.78 is 11.4. The summed E-state index contributed by atoms with van der Waals surface area (Å²) in [6.45, 7) is 9.21. The molecule has 0 aromatic carbocycles. The second-order valence-electron chi connectivity index (χ2n) is 6.91. The molecule has 1 aromatic heterocycles. The average Bonchev–Trinajstić information content (AvgIpc) is 2.46. The standard InChI is InChI=1S/C17H27N3O3/c1-12-5-6-13(11-18)15(19-12)22-14-7-9-20(10-8-14)16(21)23-17(2,3)4/h5-6,14H,7-11,18H2,1-4H3. The molecule has 0 bridgehead atoms. The number of nitrogens with two attached hydrogens (primary N) is 1. The molecule has 6 nitrogen and oxygen atoms in total. The molecule has 0 saturated carbocycles. The molecule has 0 atom stereocenters. The number of amides is 1. The molecule has 0 aliphatic carbocycles. The van der Waals surface area contributed by atoms with Crippen LogP contribution in [0.1, 0.15) is 44.9 Å². The first kappa shape index (κ1) is 17.5. The lowest BCUT2D eigenvalue weighted by molar-refractivity contribution is 0.0122. The van der Waals surface area contributed by atoms with Gasteiger partial charge in [0.2, 0.25) is 5.88 Å². The van der Waals surface area contributed by atoms with Crippen LogP contribution >= 0.6 is 0 Å². The number of ether oxygens (including phenoxy) is 2. The van der Waals surface area contributed by atoms with Crippen LogP contribution < -0.4 is 10.5 Å². The van der Waals surface area contributed by atoms with Gasteiger partial charge in [0, 0.05) is 43.7 Å². The van der Waals surface area contributed by atoms with Crippen LogP contribution in [0.2, 0.25) is 0 Å². The molecule has 1 aliphatic heterocycles. The Balaban J connectivity index is 1.90. The first-order valence-electron chi connectivity index (χ1n) is 8.09. The van der Waals surface area contributed by atoms with Crippen molar-refractivity contribution in [1.29, 1.82) is 0 Å². The van der Waals surface area contributed by atoms with Gasteiger partial charge in [-0.2, -0.15) is 0 Å². The van der Waals surface area contributed by atoms with Crippen molar-refractivity contribution in [3.8, 4) is 5.88 Å². The van der Waals surface area contributed by atoms with Crippen LogP contribution in [0.4, 0.5) is 4.79 Å². The number of aromatic nitrogens is 1. The number of rotatable bonds is 3. The Kier molecular flexibility index (Phi) is 5.46. The highest BCUT2D eigenvalue weighted by Crippen LogP contribution is 2.22. The second-order valence-corrected chi connectivity index (χ2v) is 6.91. The van der Waals surface area contributed by atoms with Crippen LogP contribution in [0.15, 0.2) is 12.1 Å². The molecule has 0 unspecified atom stereocenters. The van der Waals surface area contributed by atoms with Crippen molar-refractivity contribution in [2.24, 2.45) is 5.73 Å². The molecule has 2 heterocycles. The van der Waals surface area contributed by atoms with E-state index < -0.39 is 5.60 Å². The fourth-order valence-electron chi connectivity index (χ4n) is 2.46. The van der Waals surface area contributed by atoms with E-state index in [9.17, 15) is 4.79 Å². The maximum Gasteiger partial charge on any atom is 0.410 e. The summed E-state index contributed by atoms with van der Waals surface area (Å²) in [5, 5.41) is 0. The molecule has 1 fully saturated rings. The molecule has 1 amide bonds. The van der Waals surface area contributed by atoms with E-state index in [0.717, 1.165) is 24.1 Å². The van der Waals surface area contributed by atoms with Crippen molar-refractivity contribution < 1.29 is 14.3 Å². The first-order chi connectivity index (χ1) is 10.8. The monoisotopic (exact) mass is 321 g/mol. The number of pyridine rings is 1. The molecule has 1 saturated heterocycles. The number of likely N-dealkylation sites (tertiary alicyclic amines) is 1. The molecule has 6 heteroatoms. The number of carbonyl (C=O) groups excluding carboxylic acids is 1. The molecule has 2 rings (SSSR count). The van der Waals surface area contributed by atoms with Crippen molar-refractivity contribution in [3.05, 3.63) is 23.4 Å². The normalized spacial score (nSPS) is 16.3. The van der Waals surface area contributed by atoms with Crippen LogP contribution in [0.3, 0.4) is 0 Å². The Morgan fingerprint density at radius 1 is 1.35 bits per heavy atom. The third-order valence-corrected chi connectivity index (χ3v) is 3.67. The predicted octanol–water partition coefficient (Wildman–Crippen LogP) is 2.63. The molecule has 1 aliphatic rings. The van der Waals surface area contributed by atoms with E-state index in [2.05, 4.69) is 4.98 Å². The van der Waals surface area contributed by atoms with E-state index in [1.807, 2.05) is 39.8 Å². The van der Waals surface area contributed by atoms with Gasteiger partial charge in [-0.25, -0.2) is 9.78 Å². The quantitative estimate of drug-likeness (QED) is 0.926. The minimum absolute atomic E-state index is 0.0493. The molecular formula is C17H27N3O3. The fraction of sp³-hybridized carbons (Fsp3) is 0.647. The van der Waals surface area contributed by atoms with Gasteiger partial charge in [0.25, 0.3) is 0 Å². The Morgan fingerprint density at radius 3 is 2.57 bits per heavy atom. The van der Waals surface area contributed by atoms with E-state index >= 15 is 0 Å². The zero-order chi connectivity index (χ0) is 17.0. The lowest BCUT2D eigenvalue weighted by Gasteiger charge is -2.33. The Morgan fingerprint density at radius 2 is 2.00 bits per heavy atom. The minimum atomic E-state index is -0.466. The van der Waals surface area contributed by atoms with Gasteiger partial charge in [-0.1, -0.05) is 6.07 Å². The van der Waals surface area contributed by atoms with E-state index in [-0.39, 0.29) is 12.2 Å². The molecule has 0 spiro atoms. The zero-order valence-corrected chi connectivity index (χ0v) is 14.5. The lowest BCUT2D eigenvalue weighted by Crippen LogP contribution is -2.44. The smallest absolute Gasteiger partial charge is 0.410 e. The predicted molar refractivity (Wildman–Crippen MR) is 88.3 cm³/mol. The summed E-state index contributed by atoms with van der Waals surface area (Å²) >= 11 is 0. The van der Waals surface area contributed by atoms with Crippen molar-refractivity contribution >= 4 is 6.09 Å². The molecule has 23 heavy (non-hydrogen) atoms. The van der Waals surface area contributed by atoms with Crippen LogP contribution in [-0.2, 0) is 11.3 Å². The summed E-state index contributed by atoms with van der Waals surface area (Å²) in [6.07, 6.45) is 1.32. The first-order valence-corrected chi connectivity index (χ1v) is 8.09. The highest BCUT2D eigenvalue weighted by Gasteiger charge is 2.28. The lowest BCUT2D eigenvalue weighted by atomic mass is 10.1. The van der Waals surface area contributed by atoms with Gasteiger partial charge in [0.1, 0.15) is 11.7 Å². The van der Waals surface area contributed by atoms with Gasteiger partial charge in [0.05, 0.1) is 0 Å². The third-order valence-electron chi connectivity index (χ3n) is 3.67. The van der Waals surface area contributed by atoms with Gasteiger partial charge in [-0.3, -0.25) is 0 Å². The van der Waals surface area contributed by atoms with E-state index in [4.69, 9.17) is 15.2 Å². The topological polar surface area (TPSA) is 77.7 Å². The highest BCUT2D eigenvalue weighted by atomic mass is 16.6. The summed E-state index contributed by atoms with van der Waals surface area (Å²) in [6, 6.07) is 3.88. The minimum Gasteiger partial charge on any atom is -0.474 e. The van der Waals surface area contributed by atoms with Crippen LogP contribution in [0.5, 0.6) is 5.88 Å². The Labute approximate surface area is 138 Å². The SMILES string of the molecule is Cc1ccc(CN)c(OC2CCN(C(=O)OC(C)(C)C)CC2)n1. The van der Waals surface area contributed by atoms with Crippen molar-refractivity contribution in [2.75, 3.05) is 13.1 Å². The molecule has 128 valence electrons. The zero-order valence-electron chi connectivity index (χ0n) is 14.5. The number of nitrogens with zero attached hydrogens (tertiary/aromatic N) is 2. The van der Waals surface area contributed by atoms with Gasteiger partial charge in [-0.05, 0) is 33.8 Å². The van der Waals surface area contributed by atoms with Gasteiger partial charge >= 0.3 is 6.09 Å². The maximum atomic E-state index is 12.1. The van der Waals surface area contributed by atoms with Crippen LogP contribution in [0.25, 0.3) is 0 Å². The van der Waals surface area contributed by atoms with Crippen LogP contribution in [-0.4, -0.2) is 40.8 Å². The average molecular weight is 321 g/mol. The van der Waals surface area contributed by atoms with Gasteiger partial charge < -0.3 is 20.1 Å². The largest absolute Gasteiger partial charge is 0.474 e. The highest BCUT2D eigenvalue weighted by molar-refractivity contribution is 5.68. The second kappa shape index (κ2) is 7.17. The summed E-state index contributed by atoms with van der Waals surface area (Å²) in [5.41, 5.74) is 7.08. The number of hydrogen-bond acceptors (Lipinski definition) is 5. The van der Waals surface area contributed by atoms with Crippen molar-refractivity contribution in [3.63, 3.8) is 0 Å². The number of piperidine rings is 1.